The molecule has 3 nitrogen and oxygen atoms in total. The molecule has 0 unspecified atom stereocenters. The van der Waals surface area contributed by atoms with E-state index in [4.69, 9.17) is 9.47 Å². The van der Waals surface area contributed by atoms with Crippen molar-refractivity contribution in [1.29, 1.82) is 0 Å². The average Bonchev–Trinajstić information content (AvgIpc) is 1.90. The Hall–Kier alpha value is -0.120. The van der Waals surface area contributed by atoms with Crippen molar-refractivity contribution in [2.24, 2.45) is 0 Å². The second kappa shape index (κ2) is 3.02. The summed E-state index contributed by atoms with van der Waals surface area (Å²) in [5, 5.41) is 4.04. The largest absolute Gasteiger partial charge is 0.348 e. The fraction of sp³-hybridized carbons (Fsp3) is 0.800. The molecule has 0 aromatic carbocycles. The van der Waals surface area contributed by atoms with Crippen LogP contribution in [0.2, 0.25) is 0 Å². The molecule has 0 amide bonds. The second-order valence-electron chi connectivity index (χ2n) is 1.53. The number of hydrogen-bond acceptors (Lipinski definition) is 2. The van der Waals surface area contributed by atoms with Gasteiger partial charge in [-0.3, -0.25) is 0 Å². The molecule has 0 aromatic heterocycles. The van der Waals surface area contributed by atoms with E-state index < -0.39 is 0 Å². The first-order valence-electron chi connectivity index (χ1n) is 2.59. The van der Waals surface area contributed by atoms with E-state index in [-0.39, 0.29) is 0 Å². The van der Waals surface area contributed by atoms with Crippen LogP contribution in [-0.4, -0.2) is 26.8 Å². The lowest BCUT2D eigenvalue weighted by Gasteiger charge is -2.18. The molecular weight excluding hydrogens is 106 g/mol. The molecule has 1 saturated heterocycles. The van der Waals surface area contributed by atoms with Gasteiger partial charge in [-0.2, -0.15) is 0 Å². The first-order chi connectivity index (χ1) is 3.93. The van der Waals surface area contributed by atoms with Crippen molar-refractivity contribution < 1.29 is 9.47 Å². The minimum atomic E-state index is 0.608. The number of hydrogen-bond donors (Lipinski definition) is 0. The van der Waals surface area contributed by atoms with E-state index >= 15 is 0 Å². The van der Waals surface area contributed by atoms with Gasteiger partial charge in [0, 0.05) is 13.7 Å². The van der Waals surface area contributed by atoms with Crippen molar-refractivity contribution in [3.8, 4) is 0 Å². The van der Waals surface area contributed by atoms with Gasteiger partial charge in [0.15, 0.2) is 0 Å². The molecule has 8 heavy (non-hydrogen) atoms. The van der Waals surface area contributed by atoms with Gasteiger partial charge in [-0.15, -0.1) is 0 Å². The van der Waals surface area contributed by atoms with Crippen LogP contribution in [0.3, 0.4) is 0 Å². The average molecular weight is 115 g/mol. The summed E-state index contributed by atoms with van der Waals surface area (Å²) >= 11 is 0. The lowest BCUT2D eigenvalue weighted by molar-refractivity contribution is -0.0406. The molecule has 1 aliphatic heterocycles. The normalized spacial score (nSPS) is 23.6. The number of nitrogens with zero attached hydrogens (tertiary/aromatic N) is 1. The first-order valence-corrected chi connectivity index (χ1v) is 2.59. The molecule has 46 valence electrons. The topological polar surface area (TPSA) is 32.6 Å². The minimum Gasteiger partial charge on any atom is -0.348 e. The van der Waals surface area contributed by atoms with Crippen LogP contribution in [0, 0.1) is 6.29 Å². The quantitative estimate of drug-likeness (QED) is 0.472. The summed E-state index contributed by atoms with van der Waals surface area (Å²) in [6.07, 6.45) is 0.635. The lowest BCUT2D eigenvalue weighted by atomic mass is 10.5. The maximum Gasteiger partial charge on any atom is 0.239 e. The smallest absolute Gasteiger partial charge is 0.239 e. The predicted octanol–water partition coefficient (Wildman–Crippen LogP) is -0.243. The molecule has 0 spiro atoms. The van der Waals surface area contributed by atoms with Crippen molar-refractivity contribution in [2.45, 2.75) is 0 Å². The van der Waals surface area contributed by atoms with Gasteiger partial charge >= 0.3 is 0 Å². The van der Waals surface area contributed by atoms with Gasteiger partial charge in [-0.1, -0.05) is 0 Å². The van der Waals surface area contributed by atoms with E-state index in [9.17, 15) is 0 Å². The molecule has 1 rings (SSSR count). The Morgan fingerprint density at radius 1 is 1.75 bits per heavy atom. The molecule has 2 radical (unpaired) electrons. The summed E-state index contributed by atoms with van der Waals surface area (Å²) in [6, 6.07) is 0. The molecule has 0 aliphatic carbocycles. The van der Waals surface area contributed by atoms with Gasteiger partial charge in [-0.05, 0) is 0 Å². The zero-order valence-corrected chi connectivity index (χ0v) is 4.89. The summed E-state index contributed by atoms with van der Waals surface area (Å²) in [4.78, 5) is 0. The van der Waals surface area contributed by atoms with Crippen LogP contribution in [-0.2, 0) is 9.47 Å². The van der Waals surface area contributed by atoms with Gasteiger partial charge in [0.2, 0.25) is 6.29 Å². The third kappa shape index (κ3) is 1.43. The summed E-state index contributed by atoms with van der Waals surface area (Å²) < 4.78 is 9.82. The number of methoxy groups -OCH3 is 1. The minimum absolute atomic E-state index is 0.608. The van der Waals surface area contributed by atoms with Crippen LogP contribution in [0.5, 0.6) is 0 Å². The summed E-state index contributed by atoms with van der Waals surface area (Å²) in [5.41, 5.74) is 0. The Bertz CT molecular complexity index is 61.4. The first kappa shape index (κ1) is 6.01. The molecule has 0 N–H and O–H groups in total. The predicted molar refractivity (Wildman–Crippen MR) is 28.1 cm³/mol. The Labute approximate surface area is 49.0 Å². The Balaban J connectivity index is 2.13. The summed E-state index contributed by atoms with van der Waals surface area (Å²) in [5.74, 6) is 0. The number of ether oxygens (including phenoxy) is 2. The van der Waals surface area contributed by atoms with E-state index in [2.05, 4.69) is 5.32 Å². The molecular formula is C5H9NO2. The van der Waals surface area contributed by atoms with Crippen molar-refractivity contribution in [3.05, 3.63) is 6.29 Å². The van der Waals surface area contributed by atoms with Gasteiger partial charge in [-0.25, -0.2) is 5.32 Å². The van der Waals surface area contributed by atoms with Crippen LogP contribution in [0.1, 0.15) is 0 Å². The zero-order chi connectivity index (χ0) is 5.82. The Kier molecular flexibility index (Phi) is 2.27. The Morgan fingerprint density at radius 2 is 2.62 bits per heavy atom. The highest BCUT2D eigenvalue weighted by atomic mass is 16.7. The molecule has 3 heteroatoms. The SMILES string of the molecule is CO[C]1C[N]CCO1. The van der Waals surface area contributed by atoms with Crippen LogP contribution in [0.4, 0.5) is 0 Å². The maximum absolute atomic E-state index is 5.03. The summed E-state index contributed by atoms with van der Waals surface area (Å²) in [7, 11) is 1.59. The van der Waals surface area contributed by atoms with E-state index in [1.54, 1.807) is 7.11 Å². The maximum atomic E-state index is 5.03. The highest BCUT2D eigenvalue weighted by molar-refractivity contribution is 4.72. The molecule has 1 aliphatic rings. The van der Waals surface area contributed by atoms with Crippen molar-refractivity contribution in [3.63, 3.8) is 0 Å². The monoisotopic (exact) mass is 115 g/mol. The fourth-order valence-electron chi connectivity index (χ4n) is 0.563. The Morgan fingerprint density at radius 3 is 3.00 bits per heavy atom. The highest BCUT2D eigenvalue weighted by Crippen LogP contribution is 2.04. The third-order valence-corrected chi connectivity index (χ3v) is 0.981. The van der Waals surface area contributed by atoms with Crippen molar-refractivity contribution >= 4 is 0 Å². The summed E-state index contributed by atoms with van der Waals surface area (Å²) in [6.45, 7) is 2.08. The molecule has 1 heterocycles. The van der Waals surface area contributed by atoms with Gasteiger partial charge in [0.25, 0.3) is 0 Å². The van der Waals surface area contributed by atoms with Gasteiger partial charge in [0.1, 0.15) is 0 Å². The lowest BCUT2D eigenvalue weighted by Crippen LogP contribution is -2.29. The number of morpholine rings is 1. The van der Waals surface area contributed by atoms with Crippen molar-refractivity contribution in [2.75, 3.05) is 26.8 Å². The van der Waals surface area contributed by atoms with Crippen LogP contribution >= 0.6 is 0 Å². The molecule has 1 fully saturated rings. The van der Waals surface area contributed by atoms with Crippen LogP contribution in [0.25, 0.3) is 0 Å². The zero-order valence-electron chi connectivity index (χ0n) is 4.89. The van der Waals surface area contributed by atoms with Gasteiger partial charge < -0.3 is 9.47 Å². The molecule has 0 bridgehead atoms. The molecule has 0 aromatic rings. The van der Waals surface area contributed by atoms with Crippen molar-refractivity contribution in [1.82, 2.24) is 5.32 Å². The standard InChI is InChI=1S/C5H9NO2/c1-7-5-4-6-2-3-8-5/h2-4H2,1H3. The second-order valence-corrected chi connectivity index (χ2v) is 1.53. The van der Waals surface area contributed by atoms with Gasteiger partial charge in [0.05, 0.1) is 13.2 Å². The van der Waals surface area contributed by atoms with Crippen LogP contribution in [0.15, 0.2) is 0 Å². The molecule has 0 saturated carbocycles. The third-order valence-electron chi connectivity index (χ3n) is 0.981. The number of rotatable bonds is 1. The van der Waals surface area contributed by atoms with E-state index in [0.29, 0.717) is 19.4 Å². The van der Waals surface area contributed by atoms with E-state index in [1.807, 2.05) is 0 Å². The van der Waals surface area contributed by atoms with Crippen LogP contribution < -0.4 is 5.32 Å². The highest BCUT2D eigenvalue weighted by Gasteiger charge is 2.13. The van der Waals surface area contributed by atoms with E-state index in [0.717, 1.165) is 6.54 Å². The molecule has 0 atom stereocenters. The fourth-order valence-corrected chi connectivity index (χ4v) is 0.563. The van der Waals surface area contributed by atoms with E-state index in [1.165, 1.54) is 0 Å².